The normalized spacial score (nSPS) is 11.2. The SMILES string of the molecule is O=C(COc1ccccc1)Nc1ccc(SC(C(=O)Nc2ccc(Oc3ccccc3)cc2)c2ccccc2)cc1. The van der Waals surface area contributed by atoms with Gasteiger partial charge >= 0.3 is 0 Å². The second-order valence-electron chi connectivity index (χ2n) is 9.01. The minimum Gasteiger partial charge on any atom is -0.484 e. The van der Waals surface area contributed by atoms with Gasteiger partial charge in [-0.05, 0) is 78.4 Å². The second-order valence-corrected chi connectivity index (χ2v) is 10.2. The largest absolute Gasteiger partial charge is 0.484 e. The van der Waals surface area contributed by atoms with Crippen molar-refractivity contribution in [1.82, 2.24) is 0 Å². The summed E-state index contributed by atoms with van der Waals surface area (Å²) < 4.78 is 11.4. The molecule has 6 nitrogen and oxygen atoms in total. The van der Waals surface area contributed by atoms with Crippen molar-refractivity contribution in [1.29, 1.82) is 0 Å². The Morgan fingerprint density at radius 2 is 1.10 bits per heavy atom. The van der Waals surface area contributed by atoms with Crippen LogP contribution in [0, 0.1) is 0 Å². The molecule has 0 saturated heterocycles. The standard InChI is InChI=1S/C34H28N2O4S/c37-32(24-39-28-12-6-2-7-13-28)35-26-18-22-31(23-19-26)41-33(25-10-4-1-5-11-25)34(38)36-27-16-20-30(21-17-27)40-29-14-8-3-9-15-29/h1-23,33H,24H2,(H,35,37)(H,36,38). The molecule has 1 unspecified atom stereocenters. The lowest BCUT2D eigenvalue weighted by Gasteiger charge is -2.18. The van der Waals surface area contributed by atoms with Crippen LogP contribution in [0.15, 0.2) is 144 Å². The van der Waals surface area contributed by atoms with E-state index in [9.17, 15) is 9.59 Å². The lowest BCUT2D eigenvalue weighted by Crippen LogP contribution is -2.20. The van der Waals surface area contributed by atoms with Crippen molar-refractivity contribution in [2.75, 3.05) is 17.2 Å². The maximum Gasteiger partial charge on any atom is 0.262 e. The summed E-state index contributed by atoms with van der Waals surface area (Å²) in [6.45, 7) is -0.0872. The van der Waals surface area contributed by atoms with Crippen molar-refractivity contribution < 1.29 is 19.1 Å². The molecular formula is C34H28N2O4S. The fourth-order valence-electron chi connectivity index (χ4n) is 3.96. The molecular weight excluding hydrogens is 532 g/mol. The Bertz CT molecular complexity index is 1550. The molecule has 5 rings (SSSR count). The molecule has 0 saturated carbocycles. The molecule has 41 heavy (non-hydrogen) atoms. The fraction of sp³-hybridized carbons (Fsp3) is 0.0588. The van der Waals surface area contributed by atoms with Crippen molar-refractivity contribution >= 4 is 35.0 Å². The average molecular weight is 561 g/mol. The van der Waals surface area contributed by atoms with Crippen LogP contribution in [0.1, 0.15) is 10.8 Å². The van der Waals surface area contributed by atoms with E-state index < -0.39 is 5.25 Å². The molecule has 5 aromatic carbocycles. The van der Waals surface area contributed by atoms with Crippen molar-refractivity contribution in [3.63, 3.8) is 0 Å². The van der Waals surface area contributed by atoms with Gasteiger partial charge in [0.15, 0.2) is 6.61 Å². The van der Waals surface area contributed by atoms with Gasteiger partial charge in [0, 0.05) is 16.3 Å². The third kappa shape index (κ3) is 8.24. The van der Waals surface area contributed by atoms with Gasteiger partial charge in [0.1, 0.15) is 22.5 Å². The molecule has 0 spiro atoms. The van der Waals surface area contributed by atoms with Gasteiger partial charge in [-0.2, -0.15) is 0 Å². The lowest BCUT2D eigenvalue weighted by atomic mass is 10.1. The van der Waals surface area contributed by atoms with Crippen molar-refractivity contribution in [2.24, 2.45) is 0 Å². The molecule has 5 aromatic rings. The number of benzene rings is 5. The summed E-state index contributed by atoms with van der Waals surface area (Å²) in [6, 6.07) is 43.1. The van der Waals surface area contributed by atoms with Crippen LogP contribution in [0.2, 0.25) is 0 Å². The fourth-order valence-corrected chi connectivity index (χ4v) is 4.98. The van der Waals surface area contributed by atoms with Crippen LogP contribution in [0.3, 0.4) is 0 Å². The van der Waals surface area contributed by atoms with Gasteiger partial charge in [0.25, 0.3) is 5.91 Å². The second kappa shape index (κ2) is 13.9. The van der Waals surface area contributed by atoms with E-state index in [0.717, 1.165) is 16.2 Å². The third-order valence-electron chi connectivity index (χ3n) is 5.95. The number of thioether (sulfide) groups is 1. The first-order valence-corrected chi connectivity index (χ1v) is 13.9. The molecule has 0 aliphatic rings. The highest BCUT2D eigenvalue weighted by Crippen LogP contribution is 2.37. The summed E-state index contributed by atoms with van der Waals surface area (Å²) >= 11 is 1.44. The van der Waals surface area contributed by atoms with Gasteiger partial charge in [-0.15, -0.1) is 11.8 Å². The lowest BCUT2D eigenvalue weighted by molar-refractivity contribution is -0.118. The van der Waals surface area contributed by atoms with E-state index in [2.05, 4.69) is 10.6 Å². The summed E-state index contributed by atoms with van der Waals surface area (Å²) in [7, 11) is 0. The van der Waals surface area contributed by atoms with Gasteiger partial charge in [-0.1, -0.05) is 66.7 Å². The predicted molar refractivity (Wildman–Crippen MR) is 164 cm³/mol. The highest BCUT2D eigenvalue weighted by atomic mass is 32.2. The smallest absolute Gasteiger partial charge is 0.262 e. The quantitative estimate of drug-likeness (QED) is 0.160. The number of anilines is 2. The highest BCUT2D eigenvalue weighted by Gasteiger charge is 2.22. The molecule has 204 valence electrons. The Labute approximate surface area is 243 Å². The van der Waals surface area contributed by atoms with E-state index in [0.29, 0.717) is 22.9 Å². The van der Waals surface area contributed by atoms with E-state index in [1.807, 2.05) is 127 Å². The number of amides is 2. The van der Waals surface area contributed by atoms with E-state index >= 15 is 0 Å². The maximum absolute atomic E-state index is 13.5. The van der Waals surface area contributed by atoms with Crippen LogP contribution < -0.4 is 20.1 Å². The van der Waals surface area contributed by atoms with Crippen molar-refractivity contribution in [3.8, 4) is 17.2 Å². The first-order chi connectivity index (χ1) is 20.1. The van der Waals surface area contributed by atoms with Crippen molar-refractivity contribution in [2.45, 2.75) is 10.1 Å². The van der Waals surface area contributed by atoms with Gasteiger partial charge in [-0.25, -0.2) is 0 Å². The number of hydrogen-bond donors (Lipinski definition) is 2. The predicted octanol–water partition coefficient (Wildman–Crippen LogP) is 7.97. The number of nitrogens with one attached hydrogen (secondary N) is 2. The number of hydrogen-bond acceptors (Lipinski definition) is 5. The average Bonchev–Trinajstić information content (AvgIpc) is 3.02. The van der Waals surface area contributed by atoms with Crippen LogP contribution in [-0.2, 0) is 9.59 Å². The summed E-state index contributed by atoms with van der Waals surface area (Å²) in [5, 5.41) is 5.38. The van der Waals surface area contributed by atoms with Gasteiger partial charge in [0.2, 0.25) is 5.91 Å². The molecule has 1 atom stereocenters. The summed E-state index contributed by atoms with van der Waals surface area (Å²) in [4.78, 5) is 26.7. The molecule has 0 fully saturated rings. The van der Waals surface area contributed by atoms with Crippen LogP contribution in [0.4, 0.5) is 11.4 Å². The van der Waals surface area contributed by atoms with E-state index in [-0.39, 0.29) is 18.4 Å². The Hall–Kier alpha value is -5.01. The van der Waals surface area contributed by atoms with Crippen LogP contribution in [0.25, 0.3) is 0 Å². The Morgan fingerprint density at radius 3 is 1.73 bits per heavy atom. The first kappa shape index (κ1) is 27.6. The topological polar surface area (TPSA) is 76.7 Å². The molecule has 0 heterocycles. The molecule has 0 radical (unpaired) electrons. The molecule has 0 aromatic heterocycles. The summed E-state index contributed by atoms with van der Waals surface area (Å²) in [5.41, 5.74) is 2.21. The van der Waals surface area contributed by atoms with Gasteiger partial charge in [-0.3, -0.25) is 9.59 Å². The van der Waals surface area contributed by atoms with Crippen molar-refractivity contribution in [3.05, 3.63) is 145 Å². The molecule has 7 heteroatoms. The zero-order valence-corrected chi connectivity index (χ0v) is 22.9. The Balaban J connectivity index is 1.21. The van der Waals surface area contributed by atoms with E-state index in [1.165, 1.54) is 11.8 Å². The minimum atomic E-state index is -0.490. The first-order valence-electron chi connectivity index (χ1n) is 13.1. The zero-order valence-electron chi connectivity index (χ0n) is 22.1. The molecule has 0 aliphatic carbocycles. The summed E-state index contributed by atoms with van der Waals surface area (Å²) in [5.74, 6) is 1.67. The Kier molecular flexibility index (Phi) is 9.32. The minimum absolute atomic E-state index is 0.0872. The van der Waals surface area contributed by atoms with Crippen LogP contribution >= 0.6 is 11.8 Å². The molecule has 2 amide bonds. The number of para-hydroxylation sites is 2. The monoisotopic (exact) mass is 560 g/mol. The summed E-state index contributed by atoms with van der Waals surface area (Å²) in [6.07, 6.45) is 0. The van der Waals surface area contributed by atoms with E-state index in [1.54, 1.807) is 12.1 Å². The molecule has 2 N–H and O–H groups in total. The number of ether oxygens (including phenoxy) is 2. The number of carbonyl (C=O) groups is 2. The van der Waals surface area contributed by atoms with Crippen LogP contribution in [-0.4, -0.2) is 18.4 Å². The Morgan fingerprint density at radius 1 is 0.585 bits per heavy atom. The number of rotatable bonds is 11. The highest BCUT2D eigenvalue weighted by molar-refractivity contribution is 8.00. The molecule has 0 bridgehead atoms. The third-order valence-corrected chi connectivity index (χ3v) is 7.21. The van der Waals surface area contributed by atoms with Crippen LogP contribution in [0.5, 0.6) is 17.2 Å². The van der Waals surface area contributed by atoms with E-state index in [4.69, 9.17) is 9.47 Å². The number of carbonyl (C=O) groups excluding carboxylic acids is 2. The van der Waals surface area contributed by atoms with Gasteiger partial charge < -0.3 is 20.1 Å². The van der Waals surface area contributed by atoms with Gasteiger partial charge in [0.05, 0.1) is 0 Å². The zero-order chi connectivity index (χ0) is 28.3. The maximum atomic E-state index is 13.5. The molecule has 0 aliphatic heterocycles.